The van der Waals surface area contributed by atoms with Gasteiger partial charge in [-0.05, 0) is 30.9 Å². The van der Waals surface area contributed by atoms with Crippen LogP contribution in [0.15, 0.2) is 36.5 Å². The van der Waals surface area contributed by atoms with Gasteiger partial charge in [0.15, 0.2) is 0 Å². The number of hydrogen-bond donors (Lipinski definition) is 1. The minimum Gasteiger partial charge on any atom is -0.354 e. The van der Waals surface area contributed by atoms with Gasteiger partial charge >= 0.3 is 0 Å². The molecule has 1 aliphatic heterocycles. The minimum atomic E-state index is -3.34. The lowest BCUT2D eigenvalue weighted by Gasteiger charge is -2.21. The molecule has 1 atom stereocenters. The van der Waals surface area contributed by atoms with E-state index >= 15 is 0 Å². The number of aromatic nitrogens is 1. The molecule has 128 valence electrons. The largest absolute Gasteiger partial charge is 0.354 e. The molecule has 7 heteroatoms. The van der Waals surface area contributed by atoms with Crippen LogP contribution >= 0.6 is 0 Å². The molecular weight excluding hydrogens is 326 g/mol. The normalized spacial score (nSPS) is 18.8. The van der Waals surface area contributed by atoms with E-state index in [1.165, 1.54) is 4.31 Å². The molecule has 1 aliphatic rings. The summed E-state index contributed by atoms with van der Waals surface area (Å²) in [5.74, 6) is -0.217. The number of fused-ring (bicyclic) bond motifs is 1. The Morgan fingerprint density at radius 3 is 2.92 bits per heavy atom. The summed E-state index contributed by atoms with van der Waals surface area (Å²) in [6.07, 6.45) is 4.87. The van der Waals surface area contributed by atoms with Crippen molar-refractivity contribution < 1.29 is 13.2 Å². The van der Waals surface area contributed by atoms with Crippen LogP contribution in [0.3, 0.4) is 0 Å². The molecule has 2 heterocycles. The molecule has 6 nitrogen and oxygen atoms in total. The standard InChI is InChI=1S/C17H21N3O3S/c1-24(22,23)20-12-4-8-15(20)17(21)19-11-9-14-6-2-5-13-7-3-10-18-16(13)14/h2-3,5-7,10,15H,4,8-9,11-12H2,1H3,(H,19,21)/t15-/m1/s1. The molecule has 1 aromatic carbocycles. The van der Waals surface area contributed by atoms with Gasteiger partial charge in [0, 0.05) is 24.7 Å². The number of pyridine rings is 1. The maximum atomic E-state index is 12.3. The van der Waals surface area contributed by atoms with Crippen molar-refractivity contribution in [3.63, 3.8) is 0 Å². The van der Waals surface area contributed by atoms with Crippen LogP contribution in [0.2, 0.25) is 0 Å². The van der Waals surface area contributed by atoms with Gasteiger partial charge in [-0.15, -0.1) is 0 Å². The molecule has 1 fully saturated rings. The summed E-state index contributed by atoms with van der Waals surface area (Å²) in [5.41, 5.74) is 2.01. The second-order valence-electron chi connectivity index (χ2n) is 6.07. The molecule has 1 amide bonds. The van der Waals surface area contributed by atoms with Crippen LogP contribution in [-0.2, 0) is 21.2 Å². The fourth-order valence-corrected chi connectivity index (χ4v) is 4.33. The molecule has 1 aromatic heterocycles. The van der Waals surface area contributed by atoms with Crippen LogP contribution < -0.4 is 5.32 Å². The number of benzene rings is 1. The third kappa shape index (κ3) is 3.57. The zero-order valence-corrected chi connectivity index (χ0v) is 14.4. The quantitative estimate of drug-likeness (QED) is 0.885. The van der Waals surface area contributed by atoms with Gasteiger partial charge in [-0.3, -0.25) is 9.78 Å². The summed E-state index contributed by atoms with van der Waals surface area (Å²) in [6.45, 7) is 0.882. The summed E-state index contributed by atoms with van der Waals surface area (Å²) < 4.78 is 24.7. The van der Waals surface area contributed by atoms with E-state index in [0.717, 1.165) is 29.1 Å². The Bertz CT molecular complexity index is 846. The fraction of sp³-hybridized carbons (Fsp3) is 0.412. The van der Waals surface area contributed by atoms with E-state index in [-0.39, 0.29) is 5.91 Å². The third-order valence-corrected chi connectivity index (χ3v) is 5.63. The molecule has 2 aromatic rings. The van der Waals surface area contributed by atoms with Crippen LogP contribution in [0.25, 0.3) is 10.9 Å². The van der Waals surface area contributed by atoms with Crippen LogP contribution in [0.5, 0.6) is 0 Å². The van der Waals surface area contributed by atoms with Crippen molar-refractivity contribution >= 4 is 26.8 Å². The number of nitrogens with zero attached hydrogens (tertiary/aromatic N) is 2. The zero-order valence-electron chi connectivity index (χ0n) is 13.6. The molecule has 1 N–H and O–H groups in total. The Labute approximate surface area is 141 Å². The summed E-state index contributed by atoms with van der Waals surface area (Å²) in [6, 6.07) is 9.31. The molecule has 0 saturated carbocycles. The maximum Gasteiger partial charge on any atom is 0.238 e. The highest BCUT2D eigenvalue weighted by Gasteiger charge is 2.36. The highest BCUT2D eigenvalue weighted by atomic mass is 32.2. The van der Waals surface area contributed by atoms with Gasteiger partial charge in [-0.25, -0.2) is 8.42 Å². The third-order valence-electron chi connectivity index (χ3n) is 4.34. The monoisotopic (exact) mass is 347 g/mol. The summed E-state index contributed by atoms with van der Waals surface area (Å²) >= 11 is 0. The second kappa shape index (κ2) is 6.86. The van der Waals surface area contributed by atoms with E-state index < -0.39 is 16.1 Å². The molecule has 0 unspecified atom stereocenters. The molecule has 24 heavy (non-hydrogen) atoms. The maximum absolute atomic E-state index is 12.3. The van der Waals surface area contributed by atoms with Crippen molar-refractivity contribution in [1.82, 2.24) is 14.6 Å². The first-order valence-corrected chi connectivity index (χ1v) is 9.89. The van der Waals surface area contributed by atoms with Gasteiger partial charge in [0.1, 0.15) is 6.04 Å². The van der Waals surface area contributed by atoms with E-state index in [9.17, 15) is 13.2 Å². The second-order valence-corrected chi connectivity index (χ2v) is 8.00. The number of amides is 1. The van der Waals surface area contributed by atoms with Crippen LogP contribution in [0.4, 0.5) is 0 Å². The lowest BCUT2D eigenvalue weighted by atomic mass is 10.1. The smallest absolute Gasteiger partial charge is 0.238 e. The van der Waals surface area contributed by atoms with Crippen molar-refractivity contribution in [2.45, 2.75) is 25.3 Å². The van der Waals surface area contributed by atoms with E-state index in [2.05, 4.69) is 10.3 Å². The molecule has 0 aliphatic carbocycles. The Morgan fingerprint density at radius 1 is 1.33 bits per heavy atom. The first-order chi connectivity index (χ1) is 11.5. The number of sulfonamides is 1. The Morgan fingerprint density at radius 2 is 2.12 bits per heavy atom. The van der Waals surface area contributed by atoms with Gasteiger partial charge in [0.05, 0.1) is 11.8 Å². The summed E-state index contributed by atoms with van der Waals surface area (Å²) in [4.78, 5) is 16.7. The number of nitrogens with one attached hydrogen (secondary N) is 1. The zero-order chi connectivity index (χ0) is 17.2. The van der Waals surface area contributed by atoms with Crippen molar-refractivity contribution in [2.24, 2.45) is 0 Å². The van der Waals surface area contributed by atoms with Gasteiger partial charge in [-0.1, -0.05) is 24.3 Å². The predicted molar refractivity (Wildman–Crippen MR) is 93.0 cm³/mol. The number of para-hydroxylation sites is 1. The van der Waals surface area contributed by atoms with Crippen molar-refractivity contribution in [1.29, 1.82) is 0 Å². The topological polar surface area (TPSA) is 79.4 Å². The number of hydrogen-bond acceptors (Lipinski definition) is 4. The number of carbonyl (C=O) groups excluding carboxylic acids is 1. The highest BCUT2D eigenvalue weighted by Crippen LogP contribution is 2.20. The van der Waals surface area contributed by atoms with Crippen LogP contribution in [0.1, 0.15) is 18.4 Å². The predicted octanol–water partition coefficient (Wildman–Crippen LogP) is 1.32. The summed E-state index contributed by atoms with van der Waals surface area (Å²) in [5, 5.41) is 3.94. The van der Waals surface area contributed by atoms with E-state index in [1.807, 2.05) is 30.3 Å². The summed E-state index contributed by atoms with van der Waals surface area (Å²) in [7, 11) is -3.34. The van der Waals surface area contributed by atoms with Crippen molar-refractivity contribution in [3.05, 3.63) is 42.1 Å². The first kappa shape index (κ1) is 16.9. The lowest BCUT2D eigenvalue weighted by Crippen LogP contribution is -2.45. The van der Waals surface area contributed by atoms with Gasteiger partial charge in [0.2, 0.25) is 15.9 Å². The average molecular weight is 347 g/mol. The molecular formula is C17H21N3O3S. The fourth-order valence-electron chi connectivity index (χ4n) is 3.21. The highest BCUT2D eigenvalue weighted by molar-refractivity contribution is 7.88. The lowest BCUT2D eigenvalue weighted by molar-refractivity contribution is -0.124. The average Bonchev–Trinajstić information content (AvgIpc) is 3.05. The molecule has 0 bridgehead atoms. The van der Waals surface area contributed by atoms with Gasteiger partial charge < -0.3 is 5.32 Å². The Balaban J connectivity index is 1.63. The Kier molecular flexibility index (Phi) is 4.82. The van der Waals surface area contributed by atoms with Gasteiger partial charge in [-0.2, -0.15) is 4.31 Å². The molecule has 0 spiro atoms. The van der Waals surface area contributed by atoms with Crippen LogP contribution in [0, 0.1) is 0 Å². The van der Waals surface area contributed by atoms with E-state index in [1.54, 1.807) is 6.20 Å². The van der Waals surface area contributed by atoms with Gasteiger partial charge in [0.25, 0.3) is 0 Å². The SMILES string of the molecule is CS(=O)(=O)N1CCC[C@@H]1C(=O)NCCc1cccc2cccnc12. The van der Waals surface area contributed by atoms with E-state index in [4.69, 9.17) is 0 Å². The van der Waals surface area contributed by atoms with E-state index in [0.29, 0.717) is 25.9 Å². The minimum absolute atomic E-state index is 0.217. The van der Waals surface area contributed by atoms with Crippen molar-refractivity contribution in [2.75, 3.05) is 19.3 Å². The Hall–Kier alpha value is -1.99. The van der Waals surface area contributed by atoms with Crippen LogP contribution in [-0.4, -0.2) is 49.0 Å². The number of carbonyl (C=O) groups is 1. The molecule has 3 rings (SSSR count). The number of rotatable bonds is 5. The molecule has 0 radical (unpaired) electrons. The first-order valence-electron chi connectivity index (χ1n) is 8.04. The molecule has 1 saturated heterocycles. The van der Waals surface area contributed by atoms with Crippen molar-refractivity contribution in [3.8, 4) is 0 Å².